The summed E-state index contributed by atoms with van der Waals surface area (Å²) in [6.07, 6.45) is 0. The molecule has 1 amide bonds. The van der Waals surface area contributed by atoms with Crippen molar-refractivity contribution in [3.05, 3.63) is 88.2 Å². The summed E-state index contributed by atoms with van der Waals surface area (Å²) in [5.41, 5.74) is 0.812. The van der Waals surface area contributed by atoms with Gasteiger partial charge in [0.05, 0.1) is 15.6 Å². The van der Waals surface area contributed by atoms with Crippen LogP contribution in [0.3, 0.4) is 0 Å². The molecule has 0 aliphatic rings. The SMILES string of the molecule is O=C(Nc1ccc(S(=O)(=O)Nc2cc(Cl)ccc2Cl)cc1)c1ccc(F)cc1. The van der Waals surface area contributed by atoms with Gasteiger partial charge in [0, 0.05) is 16.3 Å². The second-order valence-corrected chi connectivity index (χ2v) is 8.24. The summed E-state index contributed by atoms with van der Waals surface area (Å²) in [5, 5.41) is 3.15. The molecule has 3 aromatic carbocycles. The van der Waals surface area contributed by atoms with Gasteiger partial charge in [-0.05, 0) is 66.7 Å². The predicted octanol–water partition coefficient (Wildman–Crippen LogP) is 5.19. The highest BCUT2D eigenvalue weighted by Crippen LogP contribution is 2.28. The summed E-state index contributed by atoms with van der Waals surface area (Å²) in [7, 11) is -3.90. The number of hydrogen-bond acceptors (Lipinski definition) is 3. The Morgan fingerprint density at radius 2 is 1.54 bits per heavy atom. The molecule has 0 aliphatic heterocycles. The van der Waals surface area contributed by atoms with Gasteiger partial charge < -0.3 is 5.32 Å². The second-order valence-electron chi connectivity index (χ2n) is 5.72. The normalized spacial score (nSPS) is 11.1. The highest BCUT2D eigenvalue weighted by Gasteiger charge is 2.16. The third-order valence-electron chi connectivity index (χ3n) is 3.70. The van der Waals surface area contributed by atoms with Gasteiger partial charge in [-0.15, -0.1) is 0 Å². The Labute approximate surface area is 171 Å². The largest absolute Gasteiger partial charge is 0.322 e. The van der Waals surface area contributed by atoms with E-state index in [4.69, 9.17) is 23.2 Å². The Kier molecular flexibility index (Phi) is 5.88. The minimum absolute atomic E-state index is 0.0247. The average molecular weight is 439 g/mol. The number of amides is 1. The van der Waals surface area contributed by atoms with Crippen molar-refractivity contribution in [1.82, 2.24) is 0 Å². The zero-order chi connectivity index (χ0) is 20.3. The maximum absolute atomic E-state index is 12.9. The molecular formula is C19H13Cl2FN2O3S. The molecule has 3 aromatic rings. The van der Waals surface area contributed by atoms with Crippen LogP contribution in [0.1, 0.15) is 10.4 Å². The minimum atomic E-state index is -3.90. The van der Waals surface area contributed by atoms with E-state index in [1.54, 1.807) is 6.07 Å². The van der Waals surface area contributed by atoms with Crippen LogP contribution in [0, 0.1) is 5.82 Å². The van der Waals surface area contributed by atoms with Crippen molar-refractivity contribution in [3.63, 3.8) is 0 Å². The molecule has 2 N–H and O–H groups in total. The minimum Gasteiger partial charge on any atom is -0.322 e. The number of rotatable bonds is 5. The maximum Gasteiger partial charge on any atom is 0.261 e. The van der Waals surface area contributed by atoms with Gasteiger partial charge in [-0.2, -0.15) is 0 Å². The monoisotopic (exact) mass is 438 g/mol. The lowest BCUT2D eigenvalue weighted by Gasteiger charge is -2.11. The van der Waals surface area contributed by atoms with Crippen LogP contribution < -0.4 is 10.0 Å². The molecule has 0 saturated heterocycles. The number of anilines is 2. The summed E-state index contributed by atoms with van der Waals surface area (Å²) in [5.74, 6) is -0.891. The highest BCUT2D eigenvalue weighted by atomic mass is 35.5. The van der Waals surface area contributed by atoms with Crippen molar-refractivity contribution in [3.8, 4) is 0 Å². The van der Waals surface area contributed by atoms with E-state index in [9.17, 15) is 17.6 Å². The molecule has 0 aromatic heterocycles. The predicted molar refractivity (Wildman–Crippen MR) is 108 cm³/mol. The van der Waals surface area contributed by atoms with E-state index in [2.05, 4.69) is 10.0 Å². The molecule has 9 heteroatoms. The van der Waals surface area contributed by atoms with Crippen LogP contribution in [0.5, 0.6) is 0 Å². The van der Waals surface area contributed by atoms with Gasteiger partial charge in [0.25, 0.3) is 15.9 Å². The third-order valence-corrected chi connectivity index (χ3v) is 5.65. The van der Waals surface area contributed by atoms with Crippen LogP contribution in [0.15, 0.2) is 71.6 Å². The molecule has 0 bridgehead atoms. The van der Waals surface area contributed by atoms with Crippen molar-refractivity contribution in [1.29, 1.82) is 0 Å². The first-order valence-corrected chi connectivity index (χ1v) is 10.1. The number of carbonyl (C=O) groups excluding carboxylic acids is 1. The lowest BCUT2D eigenvalue weighted by atomic mass is 10.2. The smallest absolute Gasteiger partial charge is 0.261 e. The molecule has 28 heavy (non-hydrogen) atoms. The Hall–Kier alpha value is -2.61. The molecule has 0 unspecified atom stereocenters. The Bertz CT molecular complexity index is 1120. The average Bonchev–Trinajstić information content (AvgIpc) is 2.65. The van der Waals surface area contributed by atoms with E-state index in [1.807, 2.05) is 0 Å². The zero-order valence-corrected chi connectivity index (χ0v) is 16.4. The van der Waals surface area contributed by atoms with Gasteiger partial charge in [-0.25, -0.2) is 12.8 Å². The van der Waals surface area contributed by atoms with E-state index >= 15 is 0 Å². The highest BCUT2D eigenvalue weighted by molar-refractivity contribution is 7.92. The summed E-state index contributed by atoms with van der Waals surface area (Å²) < 4.78 is 40.3. The molecule has 144 valence electrons. The van der Waals surface area contributed by atoms with Crippen LogP contribution in [-0.4, -0.2) is 14.3 Å². The van der Waals surface area contributed by atoms with Crippen molar-refractivity contribution in [2.24, 2.45) is 0 Å². The van der Waals surface area contributed by atoms with Crippen LogP contribution in [0.25, 0.3) is 0 Å². The molecule has 3 rings (SSSR count). The number of nitrogens with one attached hydrogen (secondary N) is 2. The van der Waals surface area contributed by atoms with Gasteiger partial charge >= 0.3 is 0 Å². The first kappa shape index (κ1) is 20.1. The first-order valence-electron chi connectivity index (χ1n) is 7.89. The fourth-order valence-electron chi connectivity index (χ4n) is 2.30. The number of benzene rings is 3. The number of halogens is 3. The van der Waals surface area contributed by atoms with E-state index in [-0.39, 0.29) is 21.2 Å². The summed E-state index contributed by atoms with van der Waals surface area (Å²) in [6.45, 7) is 0. The molecule has 0 atom stereocenters. The van der Waals surface area contributed by atoms with Crippen LogP contribution in [-0.2, 0) is 10.0 Å². The third kappa shape index (κ3) is 4.81. The fraction of sp³-hybridized carbons (Fsp3) is 0. The van der Waals surface area contributed by atoms with Crippen LogP contribution in [0.4, 0.5) is 15.8 Å². The first-order chi connectivity index (χ1) is 13.2. The Morgan fingerprint density at radius 3 is 2.18 bits per heavy atom. The van der Waals surface area contributed by atoms with Gasteiger partial charge in [0.2, 0.25) is 0 Å². The lowest BCUT2D eigenvalue weighted by molar-refractivity contribution is 0.102. The maximum atomic E-state index is 12.9. The molecule has 0 radical (unpaired) electrons. The molecule has 0 fully saturated rings. The molecular weight excluding hydrogens is 426 g/mol. The van der Waals surface area contributed by atoms with E-state index in [0.717, 1.165) is 0 Å². The molecule has 0 spiro atoms. The van der Waals surface area contributed by atoms with E-state index in [1.165, 1.54) is 60.7 Å². The topological polar surface area (TPSA) is 75.3 Å². The quantitative estimate of drug-likeness (QED) is 0.575. The summed E-state index contributed by atoms with van der Waals surface area (Å²) >= 11 is 11.8. The van der Waals surface area contributed by atoms with Crippen LogP contribution >= 0.6 is 23.2 Å². The van der Waals surface area contributed by atoms with Crippen LogP contribution in [0.2, 0.25) is 10.0 Å². The van der Waals surface area contributed by atoms with Gasteiger partial charge in [-0.1, -0.05) is 23.2 Å². The fourth-order valence-corrected chi connectivity index (χ4v) is 3.76. The summed E-state index contributed by atoms with van der Waals surface area (Å²) in [4.78, 5) is 12.1. The van der Waals surface area contributed by atoms with Crippen molar-refractivity contribution >= 4 is 50.5 Å². The standard InChI is InChI=1S/C19H13Cl2FN2O3S/c20-13-3-10-17(21)18(11-13)24-28(26,27)16-8-6-15(7-9-16)23-19(25)12-1-4-14(22)5-2-12/h1-11,24H,(H,23,25). The number of hydrogen-bond donors (Lipinski definition) is 2. The summed E-state index contributed by atoms with van der Waals surface area (Å²) in [6, 6.07) is 15.0. The van der Waals surface area contributed by atoms with Gasteiger partial charge in [-0.3, -0.25) is 9.52 Å². The molecule has 0 heterocycles. The second kappa shape index (κ2) is 8.18. The van der Waals surface area contributed by atoms with Crippen molar-refractivity contribution in [2.75, 3.05) is 10.0 Å². The Morgan fingerprint density at radius 1 is 0.893 bits per heavy atom. The Balaban J connectivity index is 1.75. The molecule has 0 saturated carbocycles. The van der Waals surface area contributed by atoms with Gasteiger partial charge in [0.1, 0.15) is 5.82 Å². The lowest BCUT2D eigenvalue weighted by Crippen LogP contribution is -2.14. The van der Waals surface area contributed by atoms with Crippen molar-refractivity contribution < 1.29 is 17.6 Å². The van der Waals surface area contributed by atoms with E-state index < -0.39 is 21.7 Å². The zero-order valence-electron chi connectivity index (χ0n) is 14.1. The number of carbonyl (C=O) groups is 1. The van der Waals surface area contributed by atoms with Gasteiger partial charge in [0.15, 0.2) is 0 Å². The number of sulfonamides is 1. The van der Waals surface area contributed by atoms with E-state index in [0.29, 0.717) is 10.7 Å². The molecule has 5 nitrogen and oxygen atoms in total. The molecule has 0 aliphatic carbocycles. The van der Waals surface area contributed by atoms with Crippen molar-refractivity contribution in [2.45, 2.75) is 4.90 Å².